The first-order valence-corrected chi connectivity index (χ1v) is 8.49. The standard InChI is InChI=1S/C22H20O5/c1-25-18-9-10-19(21(13-18)26-2)20(23)14-27-22(24)12-15-7-8-16-5-3-4-6-17(16)11-15/h3-11,13H,12,14H2,1-2H3. The van der Waals surface area contributed by atoms with Crippen molar-refractivity contribution in [2.45, 2.75) is 6.42 Å². The molecule has 0 bridgehead atoms. The van der Waals surface area contributed by atoms with Gasteiger partial charge in [0.15, 0.2) is 6.61 Å². The number of carbonyl (C=O) groups is 2. The highest BCUT2D eigenvalue weighted by molar-refractivity contribution is 6.00. The Morgan fingerprint density at radius 3 is 2.37 bits per heavy atom. The smallest absolute Gasteiger partial charge is 0.310 e. The van der Waals surface area contributed by atoms with Crippen molar-refractivity contribution in [3.8, 4) is 11.5 Å². The summed E-state index contributed by atoms with van der Waals surface area (Å²) in [7, 11) is 3.00. The first-order chi connectivity index (χ1) is 13.1. The Labute approximate surface area is 157 Å². The minimum atomic E-state index is -0.453. The number of benzene rings is 3. The van der Waals surface area contributed by atoms with E-state index in [9.17, 15) is 9.59 Å². The molecule has 0 aromatic heterocycles. The van der Waals surface area contributed by atoms with Crippen molar-refractivity contribution in [2.24, 2.45) is 0 Å². The van der Waals surface area contributed by atoms with E-state index in [4.69, 9.17) is 14.2 Å². The summed E-state index contributed by atoms with van der Waals surface area (Å²) in [5, 5.41) is 2.17. The molecule has 0 aliphatic rings. The molecule has 0 saturated carbocycles. The molecule has 3 rings (SSSR count). The van der Waals surface area contributed by atoms with Crippen LogP contribution in [0, 0.1) is 0 Å². The van der Waals surface area contributed by atoms with Crippen molar-refractivity contribution in [2.75, 3.05) is 20.8 Å². The third-order valence-corrected chi connectivity index (χ3v) is 4.24. The minimum Gasteiger partial charge on any atom is -0.497 e. The van der Waals surface area contributed by atoms with Gasteiger partial charge in [0.05, 0.1) is 26.2 Å². The molecule has 0 heterocycles. The van der Waals surface area contributed by atoms with E-state index in [1.54, 1.807) is 18.2 Å². The summed E-state index contributed by atoms with van der Waals surface area (Å²) in [6, 6.07) is 18.6. The second-order valence-corrected chi connectivity index (χ2v) is 6.01. The molecule has 3 aromatic rings. The summed E-state index contributed by atoms with van der Waals surface area (Å²) in [5.41, 5.74) is 1.19. The molecule has 0 unspecified atom stereocenters. The fourth-order valence-electron chi connectivity index (χ4n) is 2.82. The van der Waals surface area contributed by atoms with Crippen LogP contribution < -0.4 is 9.47 Å². The van der Waals surface area contributed by atoms with Crippen LogP contribution in [0.5, 0.6) is 11.5 Å². The monoisotopic (exact) mass is 364 g/mol. The van der Waals surface area contributed by atoms with Crippen molar-refractivity contribution < 1.29 is 23.8 Å². The normalized spacial score (nSPS) is 10.4. The Kier molecular flexibility index (Phi) is 5.71. The molecule has 0 radical (unpaired) electrons. The predicted molar refractivity (Wildman–Crippen MR) is 102 cm³/mol. The van der Waals surface area contributed by atoms with Gasteiger partial charge < -0.3 is 14.2 Å². The largest absolute Gasteiger partial charge is 0.497 e. The van der Waals surface area contributed by atoms with Crippen molar-refractivity contribution in [1.82, 2.24) is 0 Å². The number of ketones is 1. The molecule has 0 amide bonds. The van der Waals surface area contributed by atoms with Gasteiger partial charge in [-0.1, -0.05) is 42.5 Å². The molecule has 27 heavy (non-hydrogen) atoms. The number of rotatable bonds is 7. The number of hydrogen-bond acceptors (Lipinski definition) is 5. The van der Waals surface area contributed by atoms with Crippen LogP contribution in [-0.2, 0) is 16.0 Å². The summed E-state index contributed by atoms with van der Waals surface area (Å²) in [6.07, 6.45) is 0.109. The van der Waals surface area contributed by atoms with Crippen LogP contribution in [0.25, 0.3) is 10.8 Å². The van der Waals surface area contributed by atoms with Gasteiger partial charge in [-0.15, -0.1) is 0 Å². The van der Waals surface area contributed by atoms with Crippen LogP contribution in [0.1, 0.15) is 15.9 Å². The number of ether oxygens (including phenoxy) is 3. The summed E-state index contributed by atoms with van der Waals surface area (Å²) in [5.74, 6) is 0.175. The Bertz CT molecular complexity index is 977. The molecule has 3 aromatic carbocycles. The highest BCUT2D eigenvalue weighted by Crippen LogP contribution is 2.25. The van der Waals surface area contributed by atoms with Gasteiger partial charge in [0.2, 0.25) is 5.78 Å². The molecule has 0 atom stereocenters. The second kappa shape index (κ2) is 8.36. The Hall–Kier alpha value is -3.34. The van der Waals surface area contributed by atoms with Gasteiger partial charge in [-0.05, 0) is 28.5 Å². The molecule has 5 nitrogen and oxygen atoms in total. The van der Waals surface area contributed by atoms with E-state index in [0.29, 0.717) is 17.1 Å². The lowest BCUT2D eigenvalue weighted by atomic mass is 10.1. The number of carbonyl (C=O) groups excluding carboxylic acids is 2. The molecule has 138 valence electrons. The quantitative estimate of drug-likeness (QED) is 0.471. The number of fused-ring (bicyclic) bond motifs is 1. The molecule has 5 heteroatoms. The van der Waals surface area contributed by atoms with E-state index < -0.39 is 5.97 Å². The van der Waals surface area contributed by atoms with Crippen LogP contribution in [0.3, 0.4) is 0 Å². The van der Waals surface area contributed by atoms with Crippen LogP contribution in [0.4, 0.5) is 0 Å². The molecule has 0 N–H and O–H groups in total. The van der Waals surface area contributed by atoms with Crippen LogP contribution >= 0.6 is 0 Å². The van der Waals surface area contributed by atoms with E-state index in [1.165, 1.54) is 14.2 Å². The zero-order valence-electron chi connectivity index (χ0n) is 15.2. The van der Waals surface area contributed by atoms with Gasteiger partial charge in [-0.2, -0.15) is 0 Å². The number of Topliss-reactive ketones (excluding diaryl/α,β-unsaturated/α-hetero) is 1. The van der Waals surface area contributed by atoms with Crippen LogP contribution in [0.15, 0.2) is 60.7 Å². The maximum atomic E-state index is 12.4. The highest BCUT2D eigenvalue weighted by Gasteiger charge is 2.16. The Morgan fingerprint density at radius 1 is 0.852 bits per heavy atom. The molecular formula is C22H20O5. The SMILES string of the molecule is COc1ccc(C(=O)COC(=O)Cc2ccc3ccccc3c2)c(OC)c1. The number of hydrogen-bond donors (Lipinski definition) is 0. The predicted octanol–water partition coefficient (Wildman–Crippen LogP) is 3.83. The molecule has 0 spiro atoms. The highest BCUT2D eigenvalue weighted by atomic mass is 16.5. The van der Waals surface area contributed by atoms with E-state index in [2.05, 4.69) is 0 Å². The fourth-order valence-corrected chi connectivity index (χ4v) is 2.82. The molecule has 0 fully saturated rings. The van der Waals surface area contributed by atoms with E-state index in [0.717, 1.165) is 16.3 Å². The first-order valence-electron chi connectivity index (χ1n) is 8.49. The second-order valence-electron chi connectivity index (χ2n) is 6.01. The summed E-state index contributed by atoms with van der Waals surface area (Å²) in [4.78, 5) is 24.5. The summed E-state index contributed by atoms with van der Waals surface area (Å²) in [6.45, 7) is -0.338. The Balaban J connectivity index is 1.62. The van der Waals surface area contributed by atoms with E-state index in [1.807, 2.05) is 42.5 Å². The third kappa shape index (κ3) is 4.44. The lowest BCUT2D eigenvalue weighted by molar-refractivity contribution is -0.141. The average Bonchev–Trinajstić information content (AvgIpc) is 2.71. The topological polar surface area (TPSA) is 61.8 Å². The lowest BCUT2D eigenvalue weighted by Gasteiger charge is -2.10. The average molecular weight is 364 g/mol. The number of methoxy groups -OCH3 is 2. The minimum absolute atomic E-state index is 0.109. The van der Waals surface area contributed by atoms with Crippen molar-refractivity contribution in [1.29, 1.82) is 0 Å². The van der Waals surface area contributed by atoms with Crippen molar-refractivity contribution in [3.05, 3.63) is 71.8 Å². The van der Waals surface area contributed by atoms with Gasteiger partial charge in [0, 0.05) is 6.07 Å². The summed E-state index contributed by atoms with van der Waals surface area (Å²) < 4.78 is 15.5. The molecule has 0 aliphatic heterocycles. The Morgan fingerprint density at radius 2 is 1.63 bits per heavy atom. The molecular weight excluding hydrogens is 344 g/mol. The number of esters is 1. The van der Waals surface area contributed by atoms with E-state index >= 15 is 0 Å². The van der Waals surface area contributed by atoms with E-state index in [-0.39, 0.29) is 18.8 Å². The zero-order valence-corrected chi connectivity index (χ0v) is 15.2. The lowest BCUT2D eigenvalue weighted by Crippen LogP contribution is -2.16. The van der Waals surface area contributed by atoms with Gasteiger partial charge in [-0.25, -0.2) is 0 Å². The van der Waals surface area contributed by atoms with Crippen molar-refractivity contribution >= 4 is 22.5 Å². The maximum Gasteiger partial charge on any atom is 0.310 e. The maximum absolute atomic E-state index is 12.4. The van der Waals surface area contributed by atoms with Crippen LogP contribution in [0.2, 0.25) is 0 Å². The molecule has 0 saturated heterocycles. The van der Waals surface area contributed by atoms with Gasteiger partial charge in [0.1, 0.15) is 11.5 Å². The fraction of sp³-hybridized carbons (Fsp3) is 0.182. The third-order valence-electron chi connectivity index (χ3n) is 4.24. The van der Waals surface area contributed by atoms with Gasteiger partial charge in [-0.3, -0.25) is 9.59 Å². The molecule has 0 aliphatic carbocycles. The first kappa shape index (κ1) is 18.5. The van der Waals surface area contributed by atoms with Crippen molar-refractivity contribution in [3.63, 3.8) is 0 Å². The van der Waals surface area contributed by atoms with Crippen LogP contribution in [-0.4, -0.2) is 32.6 Å². The summed E-state index contributed by atoms with van der Waals surface area (Å²) >= 11 is 0. The van der Waals surface area contributed by atoms with Gasteiger partial charge in [0.25, 0.3) is 0 Å². The van der Waals surface area contributed by atoms with Gasteiger partial charge >= 0.3 is 5.97 Å². The zero-order chi connectivity index (χ0) is 19.2.